The van der Waals surface area contributed by atoms with Crippen molar-refractivity contribution < 1.29 is 35.2 Å². The molecule has 1 unspecified atom stereocenters. The van der Waals surface area contributed by atoms with E-state index in [-0.39, 0.29) is 23.5 Å². The fourth-order valence-corrected chi connectivity index (χ4v) is 4.74. The van der Waals surface area contributed by atoms with E-state index in [0.717, 1.165) is 23.3 Å². The number of halogens is 5. The Hall–Kier alpha value is -2.80. The highest BCUT2D eigenvalue weighted by atomic mass is 32.2. The van der Waals surface area contributed by atoms with E-state index in [1.165, 1.54) is 24.4 Å². The van der Waals surface area contributed by atoms with Gasteiger partial charge in [-0.15, -0.1) is 0 Å². The Morgan fingerprint density at radius 3 is 2.55 bits per heavy atom. The van der Waals surface area contributed by atoms with Crippen molar-refractivity contribution in [2.45, 2.75) is 24.0 Å². The molecule has 0 bridgehead atoms. The van der Waals surface area contributed by atoms with E-state index in [1.807, 2.05) is 4.72 Å². The van der Waals surface area contributed by atoms with Crippen molar-refractivity contribution in [2.24, 2.45) is 5.16 Å². The van der Waals surface area contributed by atoms with Gasteiger partial charge in [0.15, 0.2) is 0 Å². The fourth-order valence-electron chi connectivity index (χ4n) is 3.98. The minimum absolute atomic E-state index is 0.0595. The van der Waals surface area contributed by atoms with Gasteiger partial charge >= 0.3 is 0 Å². The summed E-state index contributed by atoms with van der Waals surface area (Å²) in [6.45, 7) is -2.52. The van der Waals surface area contributed by atoms with Crippen LogP contribution in [-0.2, 0) is 20.5 Å². The van der Waals surface area contributed by atoms with Gasteiger partial charge in [0.1, 0.15) is 30.2 Å². The molecular weight excluding hydrogens is 471 g/mol. The molecule has 7 nitrogen and oxygen atoms in total. The van der Waals surface area contributed by atoms with Crippen LogP contribution in [0.1, 0.15) is 12.1 Å². The summed E-state index contributed by atoms with van der Waals surface area (Å²) >= 11 is 0. The highest BCUT2D eigenvalue weighted by Crippen LogP contribution is 2.42. The quantitative estimate of drug-likeness (QED) is 0.652. The van der Waals surface area contributed by atoms with Crippen molar-refractivity contribution in [3.8, 4) is 11.1 Å². The van der Waals surface area contributed by atoms with Gasteiger partial charge in [0.25, 0.3) is 5.92 Å². The number of alkyl halides is 3. The van der Waals surface area contributed by atoms with Crippen molar-refractivity contribution in [2.75, 3.05) is 26.0 Å². The number of nitrogens with one attached hydrogen (secondary N) is 1. The Balaban J connectivity index is 1.65. The zero-order valence-electron chi connectivity index (χ0n) is 17.2. The molecule has 1 saturated heterocycles. The maximum atomic E-state index is 14.4. The molecule has 1 aromatic carbocycles. The zero-order valence-corrected chi connectivity index (χ0v) is 18.1. The van der Waals surface area contributed by atoms with Gasteiger partial charge in [-0.3, -0.25) is 4.98 Å². The number of hydrogen-bond acceptors (Lipinski definition) is 6. The molecule has 0 spiro atoms. The predicted octanol–water partition coefficient (Wildman–Crippen LogP) is 2.79. The number of hydrogen-bond donors (Lipinski definition) is 1. The zero-order chi connectivity index (χ0) is 24.0. The smallest absolute Gasteiger partial charge is 0.282 e. The molecule has 3 heterocycles. The molecule has 2 atom stereocenters. The summed E-state index contributed by atoms with van der Waals surface area (Å²) in [6, 6.07) is 4.30. The minimum atomic E-state index is -3.91. The number of oxime groups is 1. The average molecular weight is 490 g/mol. The maximum absolute atomic E-state index is 14.4. The maximum Gasteiger partial charge on any atom is 0.282 e. The van der Waals surface area contributed by atoms with Crippen molar-refractivity contribution in [3.63, 3.8) is 0 Å². The van der Waals surface area contributed by atoms with E-state index in [9.17, 15) is 30.4 Å². The third-order valence-corrected chi connectivity index (χ3v) is 6.21. The van der Waals surface area contributed by atoms with Crippen LogP contribution in [0.3, 0.4) is 0 Å². The summed E-state index contributed by atoms with van der Waals surface area (Å²) < 4.78 is 96.7. The molecule has 0 aliphatic carbocycles. The predicted molar refractivity (Wildman–Crippen MR) is 109 cm³/mol. The van der Waals surface area contributed by atoms with Gasteiger partial charge in [0.2, 0.25) is 15.6 Å². The summed E-state index contributed by atoms with van der Waals surface area (Å²) in [4.78, 5) is 10.5. The second-order valence-corrected chi connectivity index (χ2v) is 9.76. The van der Waals surface area contributed by atoms with Gasteiger partial charge in [-0.1, -0.05) is 17.3 Å². The number of aromatic nitrogens is 1. The van der Waals surface area contributed by atoms with Gasteiger partial charge in [0, 0.05) is 18.3 Å². The third kappa shape index (κ3) is 4.38. The Labute approximate surface area is 186 Å². The molecule has 13 heteroatoms. The van der Waals surface area contributed by atoms with Crippen LogP contribution in [0.2, 0.25) is 0 Å². The molecule has 2 aliphatic heterocycles. The molecule has 0 saturated carbocycles. The number of sulfonamides is 1. The Morgan fingerprint density at radius 1 is 1.21 bits per heavy atom. The number of rotatable bonds is 5. The van der Waals surface area contributed by atoms with Gasteiger partial charge in [-0.2, -0.15) is 0 Å². The lowest BCUT2D eigenvalue weighted by molar-refractivity contribution is -0.0434. The molecule has 0 radical (unpaired) electrons. The number of likely N-dealkylation sites (tertiary alicyclic amines) is 1. The first kappa shape index (κ1) is 23.4. The molecule has 0 amide bonds. The molecule has 33 heavy (non-hydrogen) atoms. The lowest BCUT2D eigenvalue weighted by Crippen LogP contribution is -2.46. The number of pyridine rings is 1. The molecule has 1 fully saturated rings. The summed E-state index contributed by atoms with van der Waals surface area (Å²) in [5.41, 5.74) is -2.55. The first-order chi connectivity index (χ1) is 15.5. The highest BCUT2D eigenvalue weighted by Gasteiger charge is 2.53. The molecule has 4 rings (SSSR count). The number of nitrogens with zero attached hydrogens (tertiary/aromatic N) is 3. The largest absolute Gasteiger partial charge is 0.378 e. The van der Waals surface area contributed by atoms with Crippen LogP contribution >= 0.6 is 0 Å². The molecule has 1 aromatic heterocycles. The van der Waals surface area contributed by atoms with E-state index in [1.54, 1.807) is 0 Å². The normalized spacial score (nSPS) is 24.6. The molecule has 178 valence electrons. The first-order valence-corrected chi connectivity index (χ1v) is 11.7. The fraction of sp³-hybridized carbons (Fsp3) is 0.400. The number of amidine groups is 1. The topological polar surface area (TPSA) is 83.9 Å². The second-order valence-electron chi connectivity index (χ2n) is 7.98. The lowest BCUT2D eigenvalue weighted by Gasteiger charge is -2.26. The van der Waals surface area contributed by atoms with Crippen LogP contribution in [0, 0.1) is 11.6 Å². The molecule has 1 N–H and O–H groups in total. The minimum Gasteiger partial charge on any atom is -0.378 e. The SMILES string of the molecule is CS(=O)(=O)N[C@@H]1CN(C2=NOC(CF)(c3ncccc3-c3c(F)cccc3F)C2)CC1(F)F. The Bertz CT molecular complexity index is 1190. The average Bonchev–Trinajstić information content (AvgIpc) is 3.29. The molecular formula is C20H19F5N4O3S. The number of benzene rings is 1. The lowest BCUT2D eigenvalue weighted by atomic mass is 9.89. The molecule has 2 aromatic rings. The van der Waals surface area contributed by atoms with Gasteiger partial charge < -0.3 is 9.74 Å². The van der Waals surface area contributed by atoms with Crippen LogP contribution in [0.25, 0.3) is 11.1 Å². The van der Waals surface area contributed by atoms with Gasteiger partial charge in [-0.05, 0) is 18.2 Å². The highest BCUT2D eigenvalue weighted by molar-refractivity contribution is 7.88. The van der Waals surface area contributed by atoms with Crippen molar-refractivity contribution in [3.05, 3.63) is 53.9 Å². The summed E-state index contributed by atoms with van der Waals surface area (Å²) in [5.74, 6) is -5.27. The van der Waals surface area contributed by atoms with Gasteiger partial charge in [-0.25, -0.2) is 35.1 Å². The monoisotopic (exact) mass is 490 g/mol. The Kier molecular flexibility index (Phi) is 5.81. The third-order valence-electron chi connectivity index (χ3n) is 5.49. The summed E-state index contributed by atoms with van der Waals surface area (Å²) in [5, 5.41) is 3.76. The van der Waals surface area contributed by atoms with Crippen LogP contribution in [0.4, 0.5) is 22.0 Å². The van der Waals surface area contributed by atoms with E-state index < -0.39 is 64.6 Å². The van der Waals surface area contributed by atoms with E-state index in [4.69, 9.17) is 4.84 Å². The van der Waals surface area contributed by atoms with Crippen LogP contribution < -0.4 is 4.72 Å². The van der Waals surface area contributed by atoms with Crippen molar-refractivity contribution >= 4 is 15.9 Å². The van der Waals surface area contributed by atoms with Crippen LogP contribution in [0.15, 0.2) is 41.7 Å². The Morgan fingerprint density at radius 2 is 1.91 bits per heavy atom. The standard InChI is InChI=1S/C20H19F5N4O3S/c1-33(30,31)28-15-9-29(11-20(15,24)25)16-8-19(10-21,32-27-16)18-12(4-3-7-26-18)17-13(22)5-2-6-14(17)23/h2-7,15,28H,8-11H2,1H3/t15-,19?/m1/s1. The second kappa shape index (κ2) is 8.20. The van der Waals surface area contributed by atoms with Gasteiger partial charge in [0.05, 0.1) is 30.5 Å². The van der Waals surface area contributed by atoms with Crippen molar-refractivity contribution in [1.82, 2.24) is 14.6 Å². The van der Waals surface area contributed by atoms with Crippen LogP contribution in [-0.4, -0.2) is 62.1 Å². The van der Waals surface area contributed by atoms with E-state index >= 15 is 0 Å². The van der Waals surface area contributed by atoms with E-state index in [0.29, 0.717) is 0 Å². The van der Waals surface area contributed by atoms with E-state index in [2.05, 4.69) is 10.1 Å². The van der Waals surface area contributed by atoms with Crippen molar-refractivity contribution in [1.29, 1.82) is 0 Å². The molecule has 2 aliphatic rings. The summed E-state index contributed by atoms with van der Waals surface area (Å²) in [7, 11) is -3.91. The summed E-state index contributed by atoms with van der Waals surface area (Å²) in [6.07, 6.45) is 1.69. The van der Waals surface area contributed by atoms with Crippen LogP contribution in [0.5, 0.6) is 0 Å². The first-order valence-electron chi connectivity index (χ1n) is 9.77.